The summed E-state index contributed by atoms with van der Waals surface area (Å²) in [4.78, 5) is 23.7. The number of imidazole rings is 1. The summed E-state index contributed by atoms with van der Waals surface area (Å²) in [6.07, 6.45) is 4.87. The van der Waals surface area contributed by atoms with Crippen molar-refractivity contribution in [3.63, 3.8) is 0 Å². The van der Waals surface area contributed by atoms with Gasteiger partial charge in [-0.1, -0.05) is 48.5 Å². The van der Waals surface area contributed by atoms with Gasteiger partial charge >= 0.3 is 0 Å². The van der Waals surface area contributed by atoms with Crippen molar-refractivity contribution in [3.8, 4) is 0 Å². The summed E-state index contributed by atoms with van der Waals surface area (Å²) < 4.78 is 2.21. The molecule has 0 unspecified atom stereocenters. The third kappa shape index (κ3) is 4.07. The number of benzene rings is 2. The number of hydrogen-bond acceptors (Lipinski definition) is 4. The summed E-state index contributed by atoms with van der Waals surface area (Å²) in [5, 5.41) is 0.818. The normalized spacial score (nSPS) is 16.7. The van der Waals surface area contributed by atoms with E-state index in [1.807, 2.05) is 48.9 Å². The molecule has 0 aliphatic carbocycles. The molecule has 1 aliphatic rings. The number of hydrogen-bond donors (Lipinski definition) is 1. The van der Waals surface area contributed by atoms with Crippen LogP contribution in [0.25, 0.3) is 10.9 Å². The Morgan fingerprint density at radius 3 is 2.71 bits per heavy atom. The maximum Gasteiger partial charge on any atom is 0.249 e. The SMILES string of the molecule is NC(=O)c1cc([C@H]2CCN(Cc3cncn3Cc3ccccc3)C2)nc2ccccc12. The molecule has 1 saturated heterocycles. The molecule has 6 nitrogen and oxygen atoms in total. The highest BCUT2D eigenvalue weighted by molar-refractivity contribution is 6.05. The van der Waals surface area contributed by atoms with E-state index in [4.69, 9.17) is 10.7 Å². The molecule has 1 fully saturated rings. The average molecular weight is 412 g/mol. The number of para-hydroxylation sites is 1. The van der Waals surface area contributed by atoms with E-state index in [0.717, 1.165) is 49.2 Å². The predicted molar refractivity (Wildman–Crippen MR) is 121 cm³/mol. The smallest absolute Gasteiger partial charge is 0.249 e. The van der Waals surface area contributed by atoms with Crippen LogP contribution < -0.4 is 5.73 Å². The monoisotopic (exact) mass is 411 g/mol. The van der Waals surface area contributed by atoms with Crippen molar-refractivity contribution in [3.05, 3.63) is 95.7 Å². The number of carbonyl (C=O) groups is 1. The minimum atomic E-state index is -0.403. The van der Waals surface area contributed by atoms with Gasteiger partial charge in [-0.05, 0) is 30.7 Å². The Kier molecular flexibility index (Phi) is 5.22. The van der Waals surface area contributed by atoms with Crippen LogP contribution >= 0.6 is 0 Å². The van der Waals surface area contributed by atoms with Gasteiger partial charge in [0.1, 0.15) is 0 Å². The zero-order chi connectivity index (χ0) is 21.2. The summed E-state index contributed by atoms with van der Waals surface area (Å²) in [6, 6.07) is 20.0. The quantitative estimate of drug-likeness (QED) is 0.526. The Labute approximate surface area is 181 Å². The van der Waals surface area contributed by atoms with E-state index in [1.165, 1.54) is 11.3 Å². The van der Waals surface area contributed by atoms with Crippen molar-refractivity contribution >= 4 is 16.8 Å². The number of carbonyl (C=O) groups excluding carboxylic acids is 1. The van der Waals surface area contributed by atoms with Crippen LogP contribution in [0, 0.1) is 0 Å². The lowest BCUT2D eigenvalue weighted by molar-refractivity contribution is 0.100. The fraction of sp³-hybridized carbons (Fsp3) is 0.240. The third-order valence-electron chi connectivity index (χ3n) is 6.07. The highest BCUT2D eigenvalue weighted by atomic mass is 16.1. The van der Waals surface area contributed by atoms with Gasteiger partial charge in [-0.2, -0.15) is 0 Å². The molecule has 0 radical (unpaired) electrons. The first-order chi connectivity index (χ1) is 15.2. The standard InChI is InChI=1S/C25H25N5O/c26-25(31)22-12-24(28-23-9-5-4-8-21(22)23)19-10-11-29(15-19)16-20-13-27-17-30(20)14-18-6-2-1-3-7-18/h1-9,12-13,17,19H,10-11,14-16H2,(H2,26,31)/t19-/m0/s1. The van der Waals surface area contributed by atoms with E-state index in [0.29, 0.717) is 5.56 Å². The topological polar surface area (TPSA) is 77.0 Å². The average Bonchev–Trinajstić information content (AvgIpc) is 3.44. The van der Waals surface area contributed by atoms with Crippen molar-refractivity contribution in [2.24, 2.45) is 5.73 Å². The molecular weight excluding hydrogens is 386 g/mol. The van der Waals surface area contributed by atoms with E-state index < -0.39 is 5.91 Å². The van der Waals surface area contributed by atoms with Crippen LogP contribution in [0.3, 0.4) is 0 Å². The van der Waals surface area contributed by atoms with Crippen LogP contribution in [-0.4, -0.2) is 38.4 Å². The maximum atomic E-state index is 12.0. The summed E-state index contributed by atoms with van der Waals surface area (Å²) in [5.74, 6) is -0.118. The molecule has 3 heterocycles. The number of amides is 1. The number of nitrogens with zero attached hydrogens (tertiary/aromatic N) is 4. The van der Waals surface area contributed by atoms with Gasteiger partial charge < -0.3 is 10.3 Å². The second-order valence-electron chi connectivity index (χ2n) is 8.20. The van der Waals surface area contributed by atoms with E-state index in [1.54, 1.807) is 0 Å². The van der Waals surface area contributed by atoms with Gasteiger partial charge in [0, 0.05) is 42.8 Å². The van der Waals surface area contributed by atoms with Crippen LogP contribution in [-0.2, 0) is 13.1 Å². The molecule has 5 rings (SSSR count). The fourth-order valence-corrected chi connectivity index (χ4v) is 4.46. The Bertz CT molecular complexity index is 1220. The lowest BCUT2D eigenvalue weighted by atomic mass is 9.99. The first kappa shape index (κ1) is 19.5. The van der Waals surface area contributed by atoms with Gasteiger partial charge in [-0.15, -0.1) is 0 Å². The van der Waals surface area contributed by atoms with Crippen LogP contribution in [0.1, 0.15) is 39.6 Å². The number of nitrogens with two attached hydrogens (primary N) is 1. The molecule has 4 aromatic rings. The predicted octanol–water partition coefficient (Wildman–Crippen LogP) is 3.57. The third-order valence-corrected chi connectivity index (χ3v) is 6.07. The summed E-state index contributed by atoms with van der Waals surface area (Å²) >= 11 is 0. The zero-order valence-electron chi connectivity index (χ0n) is 17.3. The summed E-state index contributed by atoms with van der Waals surface area (Å²) in [6.45, 7) is 3.56. The van der Waals surface area contributed by atoms with Crippen molar-refractivity contribution in [1.82, 2.24) is 19.4 Å². The second kappa shape index (κ2) is 8.32. The molecular formula is C25H25N5O. The summed E-state index contributed by atoms with van der Waals surface area (Å²) in [7, 11) is 0. The van der Waals surface area contributed by atoms with Crippen LogP contribution in [0.2, 0.25) is 0 Å². The lowest BCUT2D eigenvalue weighted by Crippen LogP contribution is -2.22. The van der Waals surface area contributed by atoms with Crippen molar-refractivity contribution in [2.45, 2.75) is 25.4 Å². The Balaban J connectivity index is 1.33. The fourth-order valence-electron chi connectivity index (χ4n) is 4.46. The van der Waals surface area contributed by atoms with Crippen molar-refractivity contribution < 1.29 is 4.79 Å². The van der Waals surface area contributed by atoms with Crippen LogP contribution in [0.4, 0.5) is 0 Å². The zero-order valence-corrected chi connectivity index (χ0v) is 17.3. The molecule has 1 amide bonds. The van der Waals surface area contributed by atoms with Gasteiger partial charge in [-0.25, -0.2) is 4.98 Å². The van der Waals surface area contributed by atoms with Crippen molar-refractivity contribution in [1.29, 1.82) is 0 Å². The molecule has 156 valence electrons. The minimum Gasteiger partial charge on any atom is -0.366 e. The molecule has 0 saturated carbocycles. The minimum absolute atomic E-state index is 0.285. The van der Waals surface area contributed by atoms with Gasteiger partial charge in [0.2, 0.25) is 5.91 Å². The van der Waals surface area contributed by atoms with Crippen LogP contribution in [0.5, 0.6) is 0 Å². The lowest BCUT2D eigenvalue weighted by Gasteiger charge is -2.18. The van der Waals surface area contributed by atoms with Crippen molar-refractivity contribution in [2.75, 3.05) is 13.1 Å². The van der Waals surface area contributed by atoms with Gasteiger partial charge in [-0.3, -0.25) is 14.7 Å². The number of aromatic nitrogens is 3. The van der Waals surface area contributed by atoms with Gasteiger partial charge in [0.05, 0.1) is 23.1 Å². The van der Waals surface area contributed by atoms with E-state index in [-0.39, 0.29) is 5.92 Å². The van der Waals surface area contributed by atoms with E-state index in [2.05, 4.69) is 38.7 Å². The number of primary amides is 1. The van der Waals surface area contributed by atoms with Gasteiger partial charge in [0.25, 0.3) is 0 Å². The molecule has 0 spiro atoms. The number of pyridine rings is 1. The molecule has 0 bridgehead atoms. The van der Waals surface area contributed by atoms with Gasteiger partial charge in [0.15, 0.2) is 0 Å². The highest BCUT2D eigenvalue weighted by Gasteiger charge is 2.27. The maximum absolute atomic E-state index is 12.0. The number of likely N-dealkylation sites (tertiary alicyclic amines) is 1. The molecule has 2 aromatic carbocycles. The molecule has 2 N–H and O–H groups in total. The highest BCUT2D eigenvalue weighted by Crippen LogP contribution is 2.30. The number of fused-ring (bicyclic) bond motifs is 1. The summed E-state index contributed by atoms with van der Waals surface area (Å²) in [5.41, 5.74) is 10.5. The first-order valence-electron chi connectivity index (χ1n) is 10.6. The molecule has 1 aliphatic heterocycles. The first-order valence-corrected chi connectivity index (χ1v) is 10.6. The molecule has 1 atom stereocenters. The van der Waals surface area contributed by atoms with Crippen LogP contribution in [0.15, 0.2) is 73.2 Å². The Morgan fingerprint density at radius 2 is 1.87 bits per heavy atom. The Morgan fingerprint density at radius 1 is 1.06 bits per heavy atom. The van der Waals surface area contributed by atoms with E-state index >= 15 is 0 Å². The second-order valence-corrected chi connectivity index (χ2v) is 8.20. The largest absolute Gasteiger partial charge is 0.366 e. The molecule has 31 heavy (non-hydrogen) atoms. The molecule has 6 heteroatoms. The molecule has 2 aromatic heterocycles. The number of rotatable bonds is 6. The Hall–Kier alpha value is -3.51. The van der Waals surface area contributed by atoms with E-state index in [9.17, 15) is 4.79 Å².